The van der Waals surface area contributed by atoms with Crippen molar-refractivity contribution in [3.8, 4) is 0 Å². The molecule has 0 aliphatic rings. The molecule has 90 valence electrons. The van der Waals surface area contributed by atoms with Crippen molar-refractivity contribution in [3.63, 3.8) is 0 Å². The summed E-state index contributed by atoms with van der Waals surface area (Å²) in [7, 11) is 2.00. The lowest BCUT2D eigenvalue weighted by molar-refractivity contribution is 0.277. The normalized spacial score (nSPS) is 10.5. The fraction of sp³-hybridized carbons (Fsp3) is 0.250. The molecule has 1 N–H and O–H groups in total. The van der Waals surface area contributed by atoms with E-state index in [1.165, 1.54) is 4.88 Å². The van der Waals surface area contributed by atoms with Crippen LogP contribution < -0.4 is 4.90 Å². The Hall–Kier alpha value is -1.10. The average Bonchev–Trinajstić information content (AvgIpc) is 2.75. The molecule has 17 heavy (non-hydrogen) atoms. The number of hydrogen-bond donors (Lipinski definition) is 1. The van der Waals surface area contributed by atoms with Crippen LogP contribution in [0.25, 0.3) is 0 Å². The van der Waals surface area contributed by atoms with Crippen molar-refractivity contribution in [1.82, 2.24) is 4.98 Å². The minimum Gasteiger partial charge on any atom is -0.390 e. The van der Waals surface area contributed by atoms with Crippen molar-refractivity contribution in [2.45, 2.75) is 13.2 Å². The topological polar surface area (TPSA) is 36.4 Å². The third kappa shape index (κ3) is 3.19. The molecule has 0 unspecified atom stereocenters. The molecule has 2 heterocycles. The summed E-state index contributed by atoms with van der Waals surface area (Å²) in [5.74, 6) is 0. The van der Waals surface area contributed by atoms with E-state index in [4.69, 9.17) is 16.7 Å². The van der Waals surface area contributed by atoms with E-state index in [-0.39, 0.29) is 6.61 Å². The lowest BCUT2D eigenvalue weighted by atomic mass is 10.3. The first-order valence-corrected chi connectivity index (χ1v) is 6.39. The number of rotatable bonds is 4. The van der Waals surface area contributed by atoms with Crippen LogP contribution in [0.4, 0.5) is 5.69 Å². The third-order valence-corrected chi connectivity index (χ3v) is 3.64. The van der Waals surface area contributed by atoms with Crippen LogP contribution in [0, 0.1) is 0 Å². The van der Waals surface area contributed by atoms with E-state index in [2.05, 4.69) is 9.88 Å². The van der Waals surface area contributed by atoms with Gasteiger partial charge in [0.2, 0.25) is 0 Å². The molecule has 0 amide bonds. The van der Waals surface area contributed by atoms with Gasteiger partial charge in [0, 0.05) is 23.8 Å². The van der Waals surface area contributed by atoms with Crippen LogP contribution in [-0.2, 0) is 13.2 Å². The highest BCUT2D eigenvalue weighted by Gasteiger charge is 2.05. The Labute approximate surface area is 109 Å². The lowest BCUT2D eigenvalue weighted by Crippen LogP contribution is -2.15. The number of aliphatic hydroxyl groups is 1. The fourth-order valence-corrected chi connectivity index (χ4v) is 2.69. The first-order chi connectivity index (χ1) is 8.19. The third-order valence-electron chi connectivity index (χ3n) is 2.42. The van der Waals surface area contributed by atoms with E-state index in [0.29, 0.717) is 5.69 Å². The smallest absolute Gasteiger partial charge is 0.0931 e. The van der Waals surface area contributed by atoms with Crippen LogP contribution in [0.2, 0.25) is 4.34 Å². The second-order valence-corrected chi connectivity index (χ2v) is 5.53. The molecule has 0 fully saturated rings. The zero-order chi connectivity index (χ0) is 12.3. The number of anilines is 1. The summed E-state index contributed by atoms with van der Waals surface area (Å²) in [6.45, 7) is 0.763. The van der Waals surface area contributed by atoms with Crippen molar-refractivity contribution >= 4 is 28.6 Å². The average molecular weight is 269 g/mol. The monoisotopic (exact) mass is 268 g/mol. The van der Waals surface area contributed by atoms with Crippen LogP contribution in [0.1, 0.15) is 10.6 Å². The van der Waals surface area contributed by atoms with Gasteiger partial charge in [0.25, 0.3) is 0 Å². The fourth-order valence-electron chi connectivity index (χ4n) is 1.55. The first kappa shape index (κ1) is 12.4. The lowest BCUT2D eigenvalue weighted by Gasteiger charge is -2.18. The molecule has 2 aromatic heterocycles. The summed E-state index contributed by atoms with van der Waals surface area (Å²) < 4.78 is 0.805. The highest BCUT2D eigenvalue weighted by molar-refractivity contribution is 7.16. The summed E-state index contributed by atoms with van der Waals surface area (Å²) in [6.07, 6.45) is 1.71. The van der Waals surface area contributed by atoms with E-state index in [0.717, 1.165) is 16.6 Å². The maximum atomic E-state index is 9.04. The van der Waals surface area contributed by atoms with Gasteiger partial charge >= 0.3 is 0 Å². The first-order valence-electron chi connectivity index (χ1n) is 5.20. The van der Waals surface area contributed by atoms with Gasteiger partial charge in [0.15, 0.2) is 0 Å². The van der Waals surface area contributed by atoms with Gasteiger partial charge in [-0.15, -0.1) is 11.3 Å². The Morgan fingerprint density at radius 3 is 2.88 bits per heavy atom. The maximum Gasteiger partial charge on any atom is 0.0931 e. The van der Waals surface area contributed by atoms with Gasteiger partial charge in [-0.25, -0.2) is 0 Å². The second-order valence-electron chi connectivity index (χ2n) is 3.73. The summed E-state index contributed by atoms with van der Waals surface area (Å²) in [4.78, 5) is 7.36. The molecular weight excluding hydrogens is 256 g/mol. The molecule has 0 saturated carbocycles. The minimum absolute atomic E-state index is 0.0352. The Morgan fingerprint density at radius 2 is 2.24 bits per heavy atom. The number of thiophene rings is 1. The quantitative estimate of drug-likeness (QED) is 0.926. The van der Waals surface area contributed by atoms with Crippen molar-refractivity contribution in [2.75, 3.05) is 11.9 Å². The van der Waals surface area contributed by atoms with E-state index in [9.17, 15) is 0 Å². The molecule has 5 heteroatoms. The van der Waals surface area contributed by atoms with Gasteiger partial charge in [0.05, 0.1) is 23.2 Å². The van der Waals surface area contributed by atoms with Crippen molar-refractivity contribution in [1.29, 1.82) is 0 Å². The number of aliphatic hydroxyl groups excluding tert-OH is 1. The predicted octanol–water partition coefficient (Wildman–Crippen LogP) is 2.93. The van der Waals surface area contributed by atoms with Crippen molar-refractivity contribution < 1.29 is 5.11 Å². The van der Waals surface area contributed by atoms with Crippen LogP contribution in [0.3, 0.4) is 0 Å². The zero-order valence-corrected chi connectivity index (χ0v) is 11.0. The molecule has 3 nitrogen and oxygen atoms in total. The van der Waals surface area contributed by atoms with Crippen molar-refractivity contribution in [2.24, 2.45) is 0 Å². The second kappa shape index (κ2) is 5.49. The highest BCUT2D eigenvalue weighted by Crippen LogP contribution is 2.24. The summed E-state index contributed by atoms with van der Waals surface area (Å²) in [5.41, 5.74) is 1.71. The van der Waals surface area contributed by atoms with Gasteiger partial charge in [-0.2, -0.15) is 0 Å². The molecule has 0 bridgehead atoms. The number of halogens is 1. The molecule has 0 saturated heterocycles. The molecule has 0 atom stereocenters. The van der Waals surface area contributed by atoms with E-state index in [1.807, 2.05) is 31.3 Å². The van der Waals surface area contributed by atoms with Gasteiger partial charge in [-0.1, -0.05) is 11.6 Å². The molecule has 2 aromatic rings. The van der Waals surface area contributed by atoms with Crippen LogP contribution in [-0.4, -0.2) is 17.1 Å². The molecular formula is C12H13ClN2OS. The number of aromatic nitrogens is 1. The Balaban J connectivity index is 2.11. The number of pyridine rings is 1. The van der Waals surface area contributed by atoms with E-state index in [1.54, 1.807) is 17.5 Å². The number of hydrogen-bond acceptors (Lipinski definition) is 4. The van der Waals surface area contributed by atoms with Crippen LogP contribution >= 0.6 is 22.9 Å². The van der Waals surface area contributed by atoms with Gasteiger partial charge in [-0.05, 0) is 24.3 Å². The van der Waals surface area contributed by atoms with Gasteiger partial charge < -0.3 is 10.0 Å². The standard InChI is InChI=1S/C12H13ClN2OS/c1-15(7-11-2-3-12(13)17-11)10-4-5-14-9(6-10)8-16/h2-6,16H,7-8H2,1H3. The molecule has 2 rings (SSSR count). The Bertz CT molecular complexity index is 501. The summed E-state index contributed by atoms with van der Waals surface area (Å²) in [6, 6.07) is 7.74. The molecule has 0 radical (unpaired) electrons. The van der Waals surface area contributed by atoms with Crippen molar-refractivity contribution in [3.05, 3.63) is 45.4 Å². The molecule has 0 spiro atoms. The molecule has 0 aliphatic heterocycles. The van der Waals surface area contributed by atoms with Crippen LogP contribution in [0.15, 0.2) is 30.5 Å². The molecule has 0 aromatic carbocycles. The van der Waals surface area contributed by atoms with Gasteiger partial charge in [-0.3, -0.25) is 4.98 Å². The SMILES string of the molecule is CN(Cc1ccc(Cl)s1)c1ccnc(CO)c1. The molecule has 0 aliphatic carbocycles. The Morgan fingerprint density at radius 1 is 1.41 bits per heavy atom. The summed E-state index contributed by atoms with van der Waals surface area (Å²) >= 11 is 7.47. The predicted molar refractivity (Wildman–Crippen MR) is 71.6 cm³/mol. The maximum absolute atomic E-state index is 9.04. The van der Waals surface area contributed by atoms with E-state index >= 15 is 0 Å². The van der Waals surface area contributed by atoms with Crippen LogP contribution in [0.5, 0.6) is 0 Å². The zero-order valence-electron chi connectivity index (χ0n) is 9.43. The largest absolute Gasteiger partial charge is 0.390 e. The summed E-state index contributed by atoms with van der Waals surface area (Å²) in [5, 5.41) is 9.04. The minimum atomic E-state index is -0.0352. The van der Waals surface area contributed by atoms with E-state index < -0.39 is 0 Å². The Kier molecular flexibility index (Phi) is 3.99. The number of nitrogens with zero attached hydrogens (tertiary/aromatic N) is 2. The van der Waals surface area contributed by atoms with Gasteiger partial charge in [0.1, 0.15) is 0 Å². The highest BCUT2D eigenvalue weighted by atomic mass is 35.5.